The largest absolute Gasteiger partial charge is 0.507 e. The third kappa shape index (κ3) is 5.14. The first-order valence-corrected chi connectivity index (χ1v) is 11.9. The first-order chi connectivity index (χ1) is 18.0. The van der Waals surface area contributed by atoms with Crippen molar-refractivity contribution in [3.63, 3.8) is 0 Å². The molecular weight excluding hydrogens is 469 g/mol. The molecule has 1 unspecified atom stereocenters. The molecule has 1 saturated heterocycles. The van der Waals surface area contributed by atoms with Gasteiger partial charge >= 0.3 is 0 Å². The Morgan fingerprint density at radius 2 is 1.46 bits per heavy atom. The summed E-state index contributed by atoms with van der Waals surface area (Å²) in [6, 6.07) is 30.4. The number of ether oxygens (including phenoxy) is 1. The Labute approximate surface area is 214 Å². The van der Waals surface area contributed by atoms with E-state index < -0.39 is 23.5 Å². The molecule has 37 heavy (non-hydrogen) atoms. The van der Waals surface area contributed by atoms with E-state index >= 15 is 0 Å². The number of halogens is 1. The number of hydrogen-bond acceptors (Lipinski definition) is 4. The molecule has 5 rings (SSSR count). The van der Waals surface area contributed by atoms with Crippen molar-refractivity contribution in [1.82, 2.24) is 4.90 Å². The number of aliphatic hydroxyl groups excluding tert-OH is 1. The van der Waals surface area contributed by atoms with Crippen LogP contribution in [0.4, 0.5) is 4.39 Å². The standard InChI is InChI=1S/C31H24FNO4/c32-24-16-14-22(15-17-24)29(34)27-28(23-10-7-13-26(20-23)37-25-11-5-2-6-12-25)33(31(36)30(27)35)19-18-21-8-3-1-4-9-21/h1-17,20,28,34H,18-19H2/b29-27+. The van der Waals surface area contributed by atoms with Crippen LogP contribution < -0.4 is 4.74 Å². The van der Waals surface area contributed by atoms with E-state index in [1.54, 1.807) is 24.3 Å². The van der Waals surface area contributed by atoms with Gasteiger partial charge in [0.1, 0.15) is 23.1 Å². The van der Waals surface area contributed by atoms with E-state index in [9.17, 15) is 19.1 Å². The molecule has 1 atom stereocenters. The minimum absolute atomic E-state index is 0.0402. The normalized spacial score (nSPS) is 16.7. The first kappa shape index (κ1) is 24.0. The van der Waals surface area contributed by atoms with Crippen molar-refractivity contribution in [2.24, 2.45) is 0 Å². The maximum absolute atomic E-state index is 13.5. The molecule has 4 aromatic rings. The number of para-hydroxylation sites is 1. The third-order valence-electron chi connectivity index (χ3n) is 6.29. The van der Waals surface area contributed by atoms with Crippen LogP contribution in [0.5, 0.6) is 11.5 Å². The van der Waals surface area contributed by atoms with E-state index in [4.69, 9.17) is 4.74 Å². The van der Waals surface area contributed by atoms with Crippen molar-refractivity contribution in [2.45, 2.75) is 12.5 Å². The Morgan fingerprint density at radius 1 is 0.811 bits per heavy atom. The summed E-state index contributed by atoms with van der Waals surface area (Å²) in [6.07, 6.45) is 0.529. The second kappa shape index (κ2) is 10.5. The van der Waals surface area contributed by atoms with Gasteiger partial charge in [0, 0.05) is 12.1 Å². The van der Waals surface area contributed by atoms with Crippen LogP contribution in [-0.2, 0) is 16.0 Å². The number of carbonyl (C=O) groups excluding carboxylic acids is 2. The van der Waals surface area contributed by atoms with Gasteiger partial charge in [0.25, 0.3) is 11.7 Å². The minimum Gasteiger partial charge on any atom is -0.507 e. The second-order valence-corrected chi connectivity index (χ2v) is 8.72. The number of Topliss-reactive ketones (excluding diaryl/α,β-unsaturated/α-hetero) is 1. The zero-order valence-electron chi connectivity index (χ0n) is 19.9. The molecule has 0 aliphatic carbocycles. The predicted molar refractivity (Wildman–Crippen MR) is 139 cm³/mol. The van der Waals surface area contributed by atoms with Crippen molar-refractivity contribution in [3.05, 3.63) is 137 Å². The van der Waals surface area contributed by atoms with Crippen LogP contribution in [-0.4, -0.2) is 28.2 Å². The fraction of sp³-hybridized carbons (Fsp3) is 0.0968. The Kier molecular flexibility index (Phi) is 6.81. The molecule has 0 spiro atoms. The van der Waals surface area contributed by atoms with E-state index in [1.165, 1.54) is 29.2 Å². The Balaban J connectivity index is 1.56. The van der Waals surface area contributed by atoms with Gasteiger partial charge in [0.15, 0.2) is 0 Å². The Morgan fingerprint density at radius 3 is 2.16 bits per heavy atom. The molecule has 1 aliphatic rings. The van der Waals surface area contributed by atoms with Gasteiger partial charge in [-0.05, 0) is 66.1 Å². The van der Waals surface area contributed by atoms with Gasteiger partial charge in [0.05, 0.1) is 11.6 Å². The van der Waals surface area contributed by atoms with Crippen molar-refractivity contribution < 1.29 is 23.8 Å². The zero-order chi connectivity index (χ0) is 25.8. The molecule has 184 valence electrons. The summed E-state index contributed by atoms with van der Waals surface area (Å²) in [5, 5.41) is 11.2. The lowest BCUT2D eigenvalue weighted by atomic mass is 9.95. The molecule has 0 bridgehead atoms. The summed E-state index contributed by atoms with van der Waals surface area (Å²) >= 11 is 0. The monoisotopic (exact) mass is 493 g/mol. The summed E-state index contributed by atoms with van der Waals surface area (Å²) < 4.78 is 19.5. The second-order valence-electron chi connectivity index (χ2n) is 8.72. The fourth-order valence-electron chi connectivity index (χ4n) is 4.49. The lowest BCUT2D eigenvalue weighted by molar-refractivity contribution is -0.139. The number of hydrogen-bond donors (Lipinski definition) is 1. The summed E-state index contributed by atoms with van der Waals surface area (Å²) in [6.45, 7) is 0.267. The highest BCUT2D eigenvalue weighted by atomic mass is 19.1. The van der Waals surface area contributed by atoms with Crippen LogP contribution in [0.2, 0.25) is 0 Å². The summed E-state index contributed by atoms with van der Waals surface area (Å²) in [7, 11) is 0. The van der Waals surface area contributed by atoms with E-state index in [-0.39, 0.29) is 23.4 Å². The minimum atomic E-state index is -0.840. The van der Waals surface area contributed by atoms with Crippen LogP contribution in [0.15, 0.2) is 115 Å². The number of likely N-dealkylation sites (tertiary alicyclic amines) is 1. The predicted octanol–water partition coefficient (Wildman–Crippen LogP) is 6.28. The van der Waals surface area contributed by atoms with Gasteiger partial charge in [-0.25, -0.2) is 4.39 Å². The van der Waals surface area contributed by atoms with E-state index in [0.717, 1.165) is 5.56 Å². The van der Waals surface area contributed by atoms with Crippen LogP contribution in [0.3, 0.4) is 0 Å². The van der Waals surface area contributed by atoms with Crippen molar-refractivity contribution >= 4 is 17.4 Å². The molecule has 1 N–H and O–H groups in total. The molecule has 0 saturated carbocycles. The van der Waals surface area contributed by atoms with Crippen molar-refractivity contribution in [2.75, 3.05) is 6.54 Å². The van der Waals surface area contributed by atoms with E-state index in [2.05, 4.69) is 0 Å². The van der Waals surface area contributed by atoms with Crippen LogP contribution >= 0.6 is 0 Å². The smallest absolute Gasteiger partial charge is 0.295 e. The molecule has 0 aromatic heterocycles. The van der Waals surface area contributed by atoms with Crippen molar-refractivity contribution in [3.8, 4) is 11.5 Å². The maximum Gasteiger partial charge on any atom is 0.295 e. The summed E-state index contributed by atoms with van der Waals surface area (Å²) in [4.78, 5) is 28.0. The van der Waals surface area contributed by atoms with Crippen LogP contribution in [0, 0.1) is 5.82 Å². The van der Waals surface area contributed by atoms with Gasteiger partial charge in [-0.3, -0.25) is 9.59 Å². The average molecular weight is 494 g/mol. The number of aliphatic hydroxyl groups is 1. The van der Waals surface area contributed by atoms with Gasteiger partial charge in [-0.15, -0.1) is 0 Å². The van der Waals surface area contributed by atoms with Gasteiger partial charge in [-0.1, -0.05) is 60.7 Å². The summed E-state index contributed by atoms with van der Waals surface area (Å²) in [5.74, 6) is -1.13. The molecule has 1 aliphatic heterocycles. The first-order valence-electron chi connectivity index (χ1n) is 11.9. The topological polar surface area (TPSA) is 66.8 Å². The van der Waals surface area contributed by atoms with E-state index in [1.807, 2.05) is 60.7 Å². The van der Waals surface area contributed by atoms with Gasteiger partial charge < -0.3 is 14.7 Å². The molecule has 1 heterocycles. The average Bonchev–Trinajstić information content (AvgIpc) is 3.18. The number of ketones is 1. The molecule has 6 heteroatoms. The Hall–Kier alpha value is -4.71. The molecular formula is C31H24FNO4. The fourth-order valence-corrected chi connectivity index (χ4v) is 4.49. The van der Waals surface area contributed by atoms with E-state index in [0.29, 0.717) is 23.5 Å². The van der Waals surface area contributed by atoms with Gasteiger partial charge in [-0.2, -0.15) is 0 Å². The number of benzene rings is 4. The number of amides is 1. The highest BCUT2D eigenvalue weighted by Gasteiger charge is 2.46. The zero-order valence-corrected chi connectivity index (χ0v) is 19.9. The molecule has 5 nitrogen and oxygen atoms in total. The van der Waals surface area contributed by atoms with Crippen LogP contribution in [0.25, 0.3) is 5.76 Å². The lowest BCUT2D eigenvalue weighted by Crippen LogP contribution is -2.31. The van der Waals surface area contributed by atoms with Gasteiger partial charge in [0.2, 0.25) is 0 Å². The quantitative estimate of drug-likeness (QED) is 0.187. The lowest BCUT2D eigenvalue weighted by Gasteiger charge is -2.26. The highest BCUT2D eigenvalue weighted by molar-refractivity contribution is 6.46. The number of carbonyl (C=O) groups is 2. The van der Waals surface area contributed by atoms with Crippen LogP contribution in [0.1, 0.15) is 22.7 Å². The molecule has 1 fully saturated rings. The number of nitrogens with zero attached hydrogens (tertiary/aromatic N) is 1. The highest BCUT2D eigenvalue weighted by Crippen LogP contribution is 2.40. The third-order valence-corrected chi connectivity index (χ3v) is 6.29. The van der Waals surface area contributed by atoms with Crippen molar-refractivity contribution in [1.29, 1.82) is 0 Å². The Bertz CT molecular complexity index is 1450. The molecule has 1 amide bonds. The molecule has 4 aromatic carbocycles. The number of rotatable bonds is 7. The summed E-state index contributed by atoms with van der Waals surface area (Å²) in [5.41, 5.74) is 1.85. The SMILES string of the molecule is O=C1C(=O)N(CCc2ccccc2)C(c2cccc(Oc3ccccc3)c2)/C1=C(\O)c1ccc(F)cc1. The molecule has 0 radical (unpaired) electrons. The maximum atomic E-state index is 13.5.